The monoisotopic (exact) mass is 666 g/mol. The van der Waals surface area contributed by atoms with Crippen molar-refractivity contribution < 1.29 is 0 Å². The third kappa shape index (κ3) is 5.77. The summed E-state index contributed by atoms with van der Waals surface area (Å²) in [6.07, 6.45) is 0. The highest BCUT2D eigenvalue weighted by Crippen LogP contribution is 2.41. The average Bonchev–Trinajstić information content (AvgIpc) is 3.83. The lowest BCUT2D eigenvalue weighted by Gasteiger charge is -2.05. The summed E-state index contributed by atoms with van der Waals surface area (Å²) in [6.45, 7) is 0. The number of azo groups is 1. The van der Waals surface area contributed by atoms with Gasteiger partial charge in [0.05, 0.1) is 28.3 Å². The molecule has 47 heavy (non-hydrogen) atoms. The van der Waals surface area contributed by atoms with Crippen LogP contribution in [0.25, 0.3) is 55.6 Å². The molecule has 5 aromatic carbocycles. The molecule has 8 rings (SSSR count). The van der Waals surface area contributed by atoms with Crippen LogP contribution in [-0.2, 0) is 0 Å². The number of aliphatic imine (C=N–C) groups is 1. The molecular formula is C38H24Cl2N6S. The molecule has 0 spiro atoms. The molecule has 0 unspecified atom stereocenters. The van der Waals surface area contributed by atoms with Crippen LogP contribution in [-0.4, -0.2) is 20.8 Å². The highest BCUT2D eigenvalue weighted by Gasteiger charge is 2.21. The van der Waals surface area contributed by atoms with Crippen molar-refractivity contribution in [1.82, 2.24) is 15.0 Å². The zero-order chi connectivity index (χ0) is 31.7. The lowest BCUT2D eigenvalue weighted by atomic mass is 10.0. The standard InChI is InChI=1S/C38H24Cl2N6S/c39-25-16-14-24(15-17-25)35-33(28-10-4-6-12-30(28)41-35)32-22-47-38(43-32)44-37(46-45-27-20-18-26(40)19-21-27)34-29-11-5-7-13-31(29)42-36(34)23-8-2-1-3-9-23/h1-22,41-42H/b44-37-,46-45?. The van der Waals surface area contributed by atoms with Gasteiger partial charge < -0.3 is 9.97 Å². The van der Waals surface area contributed by atoms with E-state index in [1.807, 2.05) is 84.2 Å². The molecule has 3 heterocycles. The van der Waals surface area contributed by atoms with Crippen LogP contribution in [0.4, 0.5) is 10.8 Å². The minimum absolute atomic E-state index is 0.439. The zero-order valence-corrected chi connectivity index (χ0v) is 27.0. The molecule has 0 atom stereocenters. The summed E-state index contributed by atoms with van der Waals surface area (Å²) in [5.41, 5.74) is 9.21. The van der Waals surface area contributed by atoms with Gasteiger partial charge in [-0.15, -0.1) is 21.6 Å². The number of thiazole rings is 1. The highest BCUT2D eigenvalue weighted by atomic mass is 35.5. The molecule has 0 fully saturated rings. The Balaban J connectivity index is 1.30. The van der Waals surface area contributed by atoms with Crippen molar-refractivity contribution in [2.24, 2.45) is 15.2 Å². The number of hydrogen-bond donors (Lipinski definition) is 2. The number of benzene rings is 5. The molecule has 9 heteroatoms. The maximum absolute atomic E-state index is 6.23. The van der Waals surface area contributed by atoms with Crippen LogP contribution in [0.2, 0.25) is 10.0 Å². The van der Waals surface area contributed by atoms with Crippen molar-refractivity contribution >= 4 is 73.0 Å². The Labute approximate surface area is 284 Å². The highest BCUT2D eigenvalue weighted by molar-refractivity contribution is 7.13. The molecule has 2 N–H and O–H groups in total. The van der Waals surface area contributed by atoms with E-state index in [1.165, 1.54) is 11.3 Å². The minimum Gasteiger partial charge on any atom is -0.354 e. The van der Waals surface area contributed by atoms with Gasteiger partial charge in [0.15, 0.2) is 5.84 Å². The van der Waals surface area contributed by atoms with Gasteiger partial charge in [0.1, 0.15) is 0 Å². The van der Waals surface area contributed by atoms with E-state index < -0.39 is 0 Å². The molecule has 226 valence electrons. The van der Waals surface area contributed by atoms with Gasteiger partial charge in [0.25, 0.3) is 0 Å². The Kier molecular flexibility index (Phi) is 7.71. The molecule has 0 bridgehead atoms. The van der Waals surface area contributed by atoms with Crippen LogP contribution in [0.5, 0.6) is 0 Å². The first kappa shape index (κ1) is 29.1. The van der Waals surface area contributed by atoms with Crippen molar-refractivity contribution in [2.45, 2.75) is 0 Å². The second-order valence-electron chi connectivity index (χ2n) is 10.8. The number of hydrogen-bond acceptors (Lipinski definition) is 4. The maximum Gasteiger partial charge on any atom is 0.211 e. The Morgan fingerprint density at radius 3 is 1.96 bits per heavy atom. The number of nitrogens with zero attached hydrogens (tertiary/aromatic N) is 4. The summed E-state index contributed by atoms with van der Waals surface area (Å²) < 4.78 is 0. The van der Waals surface area contributed by atoms with Crippen LogP contribution < -0.4 is 0 Å². The number of halogens is 2. The first-order valence-corrected chi connectivity index (χ1v) is 16.5. The number of nitrogens with one attached hydrogen (secondary N) is 2. The number of para-hydroxylation sites is 2. The molecule has 0 aliphatic carbocycles. The average molecular weight is 668 g/mol. The third-order valence-electron chi connectivity index (χ3n) is 7.87. The zero-order valence-electron chi connectivity index (χ0n) is 24.7. The van der Waals surface area contributed by atoms with Crippen molar-refractivity contribution in [1.29, 1.82) is 0 Å². The molecule has 0 aliphatic rings. The van der Waals surface area contributed by atoms with Gasteiger partial charge in [-0.05, 0) is 59.7 Å². The molecule has 0 radical (unpaired) electrons. The SMILES string of the molecule is Clc1ccc(N=N/C(=N\c2nc(-c3c(-c4ccc(Cl)cc4)[nH]c4ccccc34)cs2)c2c(-c3ccccc3)[nH]c3ccccc23)cc1. The largest absolute Gasteiger partial charge is 0.354 e. The summed E-state index contributed by atoms with van der Waals surface area (Å²) in [5, 5.41) is 15.3. The van der Waals surface area contributed by atoms with E-state index in [1.54, 1.807) is 12.1 Å². The fourth-order valence-electron chi connectivity index (χ4n) is 5.70. The molecule has 0 aliphatic heterocycles. The third-order valence-corrected chi connectivity index (χ3v) is 9.11. The van der Waals surface area contributed by atoms with Crippen LogP contribution >= 0.6 is 34.5 Å². The molecule has 0 amide bonds. The predicted octanol–water partition coefficient (Wildman–Crippen LogP) is 12.3. The number of H-pyrrole nitrogens is 2. The normalized spacial score (nSPS) is 12.1. The second kappa shape index (κ2) is 12.5. The summed E-state index contributed by atoms with van der Waals surface area (Å²) in [4.78, 5) is 17.3. The van der Waals surface area contributed by atoms with Crippen molar-refractivity contribution in [3.63, 3.8) is 0 Å². The fourth-order valence-corrected chi connectivity index (χ4v) is 6.63. The molecule has 6 nitrogen and oxygen atoms in total. The Hall–Kier alpha value is -5.34. The van der Waals surface area contributed by atoms with Gasteiger partial charge in [-0.3, -0.25) is 0 Å². The smallest absolute Gasteiger partial charge is 0.211 e. The van der Waals surface area contributed by atoms with Crippen molar-refractivity contribution in [3.8, 4) is 33.8 Å². The number of amidine groups is 1. The second-order valence-corrected chi connectivity index (χ2v) is 12.6. The Morgan fingerprint density at radius 1 is 0.617 bits per heavy atom. The Bertz CT molecular complexity index is 2420. The molecule has 8 aromatic rings. The molecule has 3 aromatic heterocycles. The number of aromatic amines is 2. The van der Waals surface area contributed by atoms with Crippen molar-refractivity contribution in [3.05, 3.63) is 148 Å². The van der Waals surface area contributed by atoms with Crippen LogP contribution in [0.15, 0.2) is 148 Å². The van der Waals surface area contributed by atoms with E-state index in [9.17, 15) is 0 Å². The maximum atomic E-state index is 6.23. The van der Waals surface area contributed by atoms with Gasteiger partial charge >= 0.3 is 0 Å². The minimum atomic E-state index is 0.439. The van der Waals surface area contributed by atoms with E-state index >= 15 is 0 Å². The first-order valence-electron chi connectivity index (χ1n) is 14.9. The first-order chi connectivity index (χ1) is 23.1. The molecule has 0 saturated carbocycles. The topological polar surface area (TPSA) is 81.5 Å². The van der Waals surface area contributed by atoms with Gasteiger partial charge in [-0.25, -0.2) is 4.98 Å². The summed E-state index contributed by atoms with van der Waals surface area (Å²) >= 11 is 13.8. The summed E-state index contributed by atoms with van der Waals surface area (Å²) in [7, 11) is 0. The van der Waals surface area contributed by atoms with E-state index in [-0.39, 0.29) is 0 Å². The molecule has 0 saturated heterocycles. The summed E-state index contributed by atoms with van der Waals surface area (Å²) in [6, 6.07) is 41.6. The van der Waals surface area contributed by atoms with Crippen LogP contribution in [0.3, 0.4) is 0 Å². The van der Waals surface area contributed by atoms with Crippen LogP contribution in [0, 0.1) is 0 Å². The van der Waals surface area contributed by atoms with Gasteiger partial charge in [0, 0.05) is 42.8 Å². The van der Waals surface area contributed by atoms with E-state index in [0.717, 1.165) is 61.1 Å². The van der Waals surface area contributed by atoms with Crippen LogP contribution in [0.1, 0.15) is 5.56 Å². The van der Waals surface area contributed by atoms with E-state index in [2.05, 4.69) is 51.5 Å². The van der Waals surface area contributed by atoms with Crippen molar-refractivity contribution in [2.75, 3.05) is 0 Å². The van der Waals surface area contributed by atoms with Gasteiger partial charge in [-0.2, -0.15) is 4.99 Å². The lowest BCUT2D eigenvalue weighted by Crippen LogP contribution is -1.98. The van der Waals surface area contributed by atoms with E-state index in [4.69, 9.17) is 38.3 Å². The number of rotatable bonds is 6. The van der Waals surface area contributed by atoms with E-state index in [0.29, 0.717) is 26.7 Å². The quantitative estimate of drug-likeness (QED) is 0.103. The number of fused-ring (bicyclic) bond motifs is 2. The lowest BCUT2D eigenvalue weighted by molar-refractivity contribution is 1.25. The predicted molar refractivity (Wildman–Crippen MR) is 196 cm³/mol. The number of aromatic nitrogens is 3. The molecular weight excluding hydrogens is 643 g/mol. The Morgan fingerprint density at radius 2 is 1.21 bits per heavy atom. The van der Waals surface area contributed by atoms with Gasteiger partial charge in [-0.1, -0.05) is 102 Å². The fraction of sp³-hybridized carbons (Fsp3) is 0. The van der Waals surface area contributed by atoms with Gasteiger partial charge in [0.2, 0.25) is 5.13 Å². The summed E-state index contributed by atoms with van der Waals surface area (Å²) in [5.74, 6) is 0.439.